The fourth-order valence-corrected chi connectivity index (χ4v) is 5.47. The number of nitrogens with zero attached hydrogens (tertiary/aromatic N) is 1. The van der Waals surface area contributed by atoms with Crippen molar-refractivity contribution >= 4 is 12.0 Å². The number of hydrogen-bond acceptors (Lipinski definition) is 5. The van der Waals surface area contributed by atoms with E-state index in [0.717, 1.165) is 56.3 Å². The molecule has 1 saturated heterocycles. The molecule has 0 bridgehead atoms. The number of nitrogens with one attached hydrogen (secondary N) is 2. The molecular weight excluding hydrogens is 496 g/mol. The van der Waals surface area contributed by atoms with Crippen molar-refractivity contribution in [3.63, 3.8) is 0 Å². The van der Waals surface area contributed by atoms with Crippen LogP contribution in [0.2, 0.25) is 0 Å². The summed E-state index contributed by atoms with van der Waals surface area (Å²) in [6.45, 7) is 10.9. The lowest BCUT2D eigenvalue weighted by Crippen LogP contribution is -2.68. The largest absolute Gasteiger partial charge is 0.493 e. The molecule has 0 radical (unpaired) electrons. The van der Waals surface area contributed by atoms with Crippen molar-refractivity contribution in [1.82, 2.24) is 15.5 Å². The minimum Gasteiger partial charge on any atom is -0.493 e. The predicted molar refractivity (Wildman–Crippen MR) is 141 cm³/mol. The lowest BCUT2D eigenvalue weighted by Gasteiger charge is -2.45. The molecule has 1 aliphatic heterocycles. The van der Waals surface area contributed by atoms with Crippen LogP contribution in [0, 0.1) is 12.8 Å². The van der Waals surface area contributed by atoms with E-state index in [9.17, 15) is 23.5 Å². The third-order valence-electron chi connectivity index (χ3n) is 7.74. The summed E-state index contributed by atoms with van der Waals surface area (Å²) in [6, 6.07) is 2.60. The molecular formula is C28H43F2N3O5. The van der Waals surface area contributed by atoms with Gasteiger partial charge in [-0.2, -0.15) is 0 Å². The third-order valence-corrected chi connectivity index (χ3v) is 7.74. The average Bonchev–Trinajstić information content (AvgIpc) is 2.85. The number of piperidine rings is 1. The summed E-state index contributed by atoms with van der Waals surface area (Å²) in [5.41, 5.74) is -0.350. The zero-order valence-electron chi connectivity index (χ0n) is 23.1. The number of benzene rings is 1. The number of halogens is 2. The molecule has 0 spiro atoms. The first-order valence-electron chi connectivity index (χ1n) is 13.8. The standard InChI is InChI=1S/C28H43F2N3O5/c1-5-37-23-15-22(16-24(19(23)3)38-6-2)20(4)33(14-8-7-9-21-10-12-31-13-11-21)26(36)32-27(25(34)35)17-28(29,30)18-27/h15-16,20-21,31H,5-14,17-18H2,1-4H3,(H,32,36)(H,34,35)/t20-/m1/s1. The number of carboxylic acid groups (broad SMARTS) is 1. The van der Waals surface area contributed by atoms with E-state index in [0.29, 0.717) is 37.2 Å². The van der Waals surface area contributed by atoms with E-state index in [1.165, 1.54) is 0 Å². The molecule has 0 aromatic heterocycles. The SMILES string of the molecule is CCOc1cc([C@@H](C)N(CCCCC2CCNCC2)C(=O)NC2(C(=O)O)CC(F)(F)C2)cc(OCC)c1C. The van der Waals surface area contributed by atoms with Crippen LogP contribution in [0.25, 0.3) is 0 Å². The molecule has 2 aliphatic rings. The Morgan fingerprint density at radius 2 is 1.71 bits per heavy atom. The van der Waals surface area contributed by atoms with Crippen molar-refractivity contribution in [2.24, 2.45) is 5.92 Å². The van der Waals surface area contributed by atoms with Gasteiger partial charge in [-0.3, -0.25) is 0 Å². The van der Waals surface area contributed by atoms with E-state index in [1.54, 1.807) is 4.90 Å². The molecule has 2 fully saturated rings. The second-order valence-electron chi connectivity index (χ2n) is 10.6. The van der Waals surface area contributed by atoms with E-state index >= 15 is 0 Å². The molecule has 3 rings (SSSR count). The van der Waals surface area contributed by atoms with E-state index in [4.69, 9.17) is 9.47 Å². The Labute approximate surface area is 224 Å². The van der Waals surface area contributed by atoms with Gasteiger partial charge in [0.1, 0.15) is 11.5 Å². The smallest absolute Gasteiger partial charge is 0.329 e. The first-order chi connectivity index (χ1) is 18.0. The zero-order valence-corrected chi connectivity index (χ0v) is 23.1. The summed E-state index contributed by atoms with van der Waals surface area (Å²) in [6.07, 6.45) is 3.16. The molecule has 2 amide bonds. The topological polar surface area (TPSA) is 100 Å². The number of hydrogen-bond donors (Lipinski definition) is 3. The van der Waals surface area contributed by atoms with Gasteiger partial charge in [-0.15, -0.1) is 0 Å². The number of alkyl halides is 2. The Morgan fingerprint density at radius 3 is 2.21 bits per heavy atom. The molecule has 10 heteroatoms. The number of carbonyl (C=O) groups excluding carboxylic acids is 1. The lowest BCUT2D eigenvalue weighted by atomic mass is 9.73. The van der Waals surface area contributed by atoms with E-state index in [-0.39, 0.29) is 0 Å². The Bertz CT molecular complexity index is 933. The normalized spacial score (nSPS) is 19.2. The number of carbonyl (C=O) groups is 2. The number of ether oxygens (including phenoxy) is 2. The summed E-state index contributed by atoms with van der Waals surface area (Å²) in [5.74, 6) is -2.60. The Balaban J connectivity index is 1.82. The molecule has 8 nitrogen and oxygen atoms in total. The van der Waals surface area contributed by atoms with Crippen LogP contribution in [0.1, 0.15) is 82.9 Å². The van der Waals surface area contributed by atoms with Crippen LogP contribution in [-0.4, -0.2) is 66.3 Å². The zero-order chi connectivity index (χ0) is 27.9. The van der Waals surface area contributed by atoms with Gasteiger partial charge in [0.2, 0.25) is 0 Å². The summed E-state index contributed by atoms with van der Waals surface area (Å²) in [7, 11) is 0. The second-order valence-corrected chi connectivity index (χ2v) is 10.6. The highest BCUT2D eigenvalue weighted by Gasteiger charge is 2.62. The van der Waals surface area contributed by atoms with Crippen LogP contribution in [0.5, 0.6) is 11.5 Å². The summed E-state index contributed by atoms with van der Waals surface area (Å²) in [4.78, 5) is 26.9. The van der Waals surface area contributed by atoms with E-state index in [2.05, 4.69) is 10.6 Å². The van der Waals surface area contributed by atoms with Gasteiger partial charge in [0.25, 0.3) is 5.92 Å². The number of amides is 2. The Morgan fingerprint density at radius 1 is 1.13 bits per heavy atom. The van der Waals surface area contributed by atoms with Gasteiger partial charge in [-0.1, -0.05) is 12.8 Å². The van der Waals surface area contributed by atoms with Crippen molar-refractivity contribution in [3.8, 4) is 11.5 Å². The quantitative estimate of drug-likeness (QED) is 0.295. The van der Waals surface area contributed by atoms with Crippen molar-refractivity contribution in [1.29, 1.82) is 0 Å². The molecule has 214 valence electrons. The molecule has 1 atom stereocenters. The third kappa shape index (κ3) is 7.27. The fraction of sp³-hybridized carbons (Fsp3) is 0.714. The minimum atomic E-state index is -3.10. The van der Waals surface area contributed by atoms with Crippen LogP contribution < -0.4 is 20.1 Å². The molecule has 1 saturated carbocycles. The number of urea groups is 1. The van der Waals surface area contributed by atoms with Crippen LogP contribution in [0.15, 0.2) is 12.1 Å². The lowest BCUT2D eigenvalue weighted by molar-refractivity contribution is -0.175. The van der Waals surface area contributed by atoms with Gasteiger partial charge >= 0.3 is 12.0 Å². The highest BCUT2D eigenvalue weighted by molar-refractivity contribution is 5.88. The van der Waals surface area contributed by atoms with E-state index < -0.39 is 42.3 Å². The van der Waals surface area contributed by atoms with Crippen molar-refractivity contribution < 1.29 is 33.0 Å². The highest BCUT2D eigenvalue weighted by atomic mass is 19.3. The highest BCUT2D eigenvalue weighted by Crippen LogP contribution is 2.46. The van der Waals surface area contributed by atoms with Gasteiger partial charge in [-0.25, -0.2) is 18.4 Å². The van der Waals surface area contributed by atoms with Crippen LogP contribution in [-0.2, 0) is 4.79 Å². The number of aliphatic carboxylic acids is 1. The summed E-state index contributed by atoms with van der Waals surface area (Å²) >= 11 is 0. The molecule has 1 aromatic rings. The monoisotopic (exact) mass is 539 g/mol. The number of carboxylic acids is 1. The van der Waals surface area contributed by atoms with Gasteiger partial charge in [0, 0.05) is 24.9 Å². The fourth-order valence-electron chi connectivity index (χ4n) is 5.47. The van der Waals surface area contributed by atoms with Gasteiger partial charge in [-0.05, 0) is 83.7 Å². The maximum absolute atomic E-state index is 13.7. The van der Waals surface area contributed by atoms with Crippen LogP contribution >= 0.6 is 0 Å². The molecule has 0 unspecified atom stereocenters. The van der Waals surface area contributed by atoms with Gasteiger partial charge < -0.3 is 30.1 Å². The Kier molecular flexibility index (Phi) is 10.2. The van der Waals surface area contributed by atoms with E-state index in [1.807, 2.05) is 39.8 Å². The summed E-state index contributed by atoms with van der Waals surface area (Å²) in [5, 5.41) is 15.5. The van der Waals surface area contributed by atoms with Crippen molar-refractivity contribution in [3.05, 3.63) is 23.3 Å². The maximum Gasteiger partial charge on any atom is 0.329 e. The Hall–Kier alpha value is -2.62. The maximum atomic E-state index is 13.7. The van der Waals surface area contributed by atoms with Crippen LogP contribution in [0.4, 0.5) is 13.6 Å². The summed E-state index contributed by atoms with van der Waals surface area (Å²) < 4.78 is 39.0. The molecule has 38 heavy (non-hydrogen) atoms. The van der Waals surface area contributed by atoms with Crippen molar-refractivity contribution in [2.75, 3.05) is 32.8 Å². The van der Waals surface area contributed by atoms with Crippen molar-refractivity contribution in [2.45, 2.75) is 90.1 Å². The van der Waals surface area contributed by atoms with Crippen LogP contribution in [0.3, 0.4) is 0 Å². The second kappa shape index (κ2) is 13.0. The predicted octanol–water partition coefficient (Wildman–Crippen LogP) is 5.29. The molecule has 3 N–H and O–H groups in total. The van der Waals surface area contributed by atoms with Gasteiger partial charge in [0.15, 0.2) is 5.54 Å². The minimum absolute atomic E-state index is 0.367. The molecule has 1 aromatic carbocycles. The molecule has 1 aliphatic carbocycles. The first kappa shape index (κ1) is 29.9. The molecule has 1 heterocycles. The first-order valence-corrected chi connectivity index (χ1v) is 13.8. The average molecular weight is 540 g/mol. The number of unbranched alkanes of at least 4 members (excludes halogenated alkanes) is 1. The van der Waals surface area contributed by atoms with Gasteiger partial charge in [0.05, 0.1) is 19.3 Å². The number of rotatable bonds is 13.